The number of aryl methyl sites for hydroxylation is 1. The van der Waals surface area contributed by atoms with Crippen LogP contribution in [0.1, 0.15) is 64.4 Å². The minimum absolute atomic E-state index is 0.0438. The lowest BCUT2D eigenvalue weighted by Crippen LogP contribution is -2.53. The van der Waals surface area contributed by atoms with E-state index >= 15 is 0 Å². The number of amides is 1. The van der Waals surface area contributed by atoms with Crippen molar-refractivity contribution in [2.75, 3.05) is 10.6 Å². The van der Waals surface area contributed by atoms with Crippen molar-refractivity contribution >= 4 is 95.5 Å². The lowest BCUT2D eigenvalue weighted by atomic mass is 9.75. The van der Waals surface area contributed by atoms with Crippen LogP contribution in [-0.4, -0.2) is 49.7 Å². The molecule has 0 bridgehead atoms. The van der Waals surface area contributed by atoms with E-state index < -0.39 is 58.6 Å². The quantitative estimate of drug-likeness (QED) is 0.0687. The Labute approximate surface area is 394 Å². The van der Waals surface area contributed by atoms with Crippen molar-refractivity contribution in [1.82, 2.24) is 5.32 Å². The van der Waals surface area contributed by atoms with Gasteiger partial charge in [0.25, 0.3) is 5.79 Å². The molecule has 65 heavy (non-hydrogen) atoms. The van der Waals surface area contributed by atoms with E-state index in [1.54, 1.807) is 85.8 Å². The van der Waals surface area contributed by atoms with Crippen LogP contribution in [-0.2, 0) is 41.7 Å². The van der Waals surface area contributed by atoms with E-state index in [-0.39, 0.29) is 50.7 Å². The Morgan fingerprint density at radius 3 is 2.15 bits per heavy atom. The molecule has 1 amide bonds. The van der Waals surface area contributed by atoms with E-state index in [0.29, 0.717) is 38.1 Å². The number of phenols is 2. The number of rotatable bonds is 6. The number of carbonyl (C=O) groups excluding carboxylic acids is 4. The third-order valence-electron chi connectivity index (χ3n) is 12.5. The van der Waals surface area contributed by atoms with Crippen molar-refractivity contribution in [3.8, 4) is 23.0 Å². The van der Waals surface area contributed by atoms with Crippen molar-refractivity contribution in [1.29, 1.82) is 0 Å². The van der Waals surface area contributed by atoms with Gasteiger partial charge in [-0.15, -0.1) is 11.3 Å². The minimum atomic E-state index is -2.40. The molecular weight excluding hydrogens is 1010 g/mol. The first-order chi connectivity index (χ1) is 31.1. The number of hydrogen-bond donors (Lipinski definition) is 6. The Morgan fingerprint density at radius 2 is 1.46 bits per heavy atom. The molecule has 5 atom stereocenters. The number of aromatic hydroxyl groups is 2. The Hall–Kier alpha value is -6.15. The fourth-order valence-electron chi connectivity index (χ4n) is 9.69. The molecule has 14 nitrogen and oxygen atoms in total. The van der Waals surface area contributed by atoms with Gasteiger partial charge in [0.1, 0.15) is 28.9 Å². The van der Waals surface area contributed by atoms with Gasteiger partial charge in [-0.25, -0.2) is 4.79 Å². The number of thiophene rings is 1. The molecule has 0 radical (unpaired) electrons. The molecular formula is C47H31Br2N3O11S2. The van der Waals surface area contributed by atoms with Crippen molar-refractivity contribution in [3.05, 3.63) is 161 Å². The molecule has 2 saturated heterocycles. The number of carbonyl (C=O) groups is 4. The van der Waals surface area contributed by atoms with Crippen molar-refractivity contribution < 1.29 is 53.4 Å². The van der Waals surface area contributed by atoms with Gasteiger partial charge in [0.15, 0.2) is 10.7 Å². The number of halogens is 2. The van der Waals surface area contributed by atoms with E-state index in [2.05, 4.69) is 47.8 Å². The summed E-state index contributed by atoms with van der Waals surface area (Å²) < 4.78 is 25.7. The summed E-state index contributed by atoms with van der Waals surface area (Å²) in [5.74, 6) is -7.39. The molecule has 6 N–H and O–H groups in total. The Bertz CT molecular complexity index is 3090. The van der Waals surface area contributed by atoms with Crippen LogP contribution in [0.25, 0.3) is 0 Å². The molecule has 18 heteroatoms. The Kier molecular flexibility index (Phi) is 9.38. The molecule has 1 aromatic heterocycles. The van der Waals surface area contributed by atoms with Gasteiger partial charge in [-0.3, -0.25) is 14.4 Å². The molecule has 0 saturated carbocycles. The number of phenolic OH excluding ortho intramolecular Hbond substituents is 2. The van der Waals surface area contributed by atoms with E-state index in [0.717, 1.165) is 26.3 Å². The van der Waals surface area contributed by atoms with E-state index in [1.807, 2.05) is 0 Å². The van der Waals surface area contributed by atoms with Crippen LogP contribution >= 0.6 is 55.4 Å². The predicted octanol–water partition coefficient (Wildman–Crippen LogP) is 8.33. The maximum atomic E-state index is 14.4. The van der Waals surface area contributed by atoms with E-state index in [1.165, 1.54) is 24.3 Å². The average Bonchev–Trinajstić information content (AvgIpc) is 4.02. The van der Waals surface area contributed by atoms with Crippen LogP contribution in [0.4, 0.5) is 11.4 Å². The summed E-state index contributed by atoms with van der Waals surface area (Å²) >= 11 is 13.7. The number of ketones is 1. The van der Waals surface area contributed by atoms with Crippen molar-refractivity contribution in [2.45, 2.75) is 36.6 Å². The lowest BCUT2D eigenvalue weighted by molar-refractivity contribution is -0.251. The number of thiocarbonyl (C=S) groups is 1. The average molecular weight is 1040 g/mol. The third kappa shape index (κ3) is 6.04. The number of esters is 2. The van der Waals surface area contributed by atoms with Crippen LogP contribution < -0.4 is 20.7 Å². The zero-order chi connectivity index (χ0) is 45.3. The topological polar surface area (TPSA) is 202 Å². The number of ether oxygens (including phenoxy) is 4. The highest BCUT2D eigenvalue weighted by atomic mass is 79.9. The largest absolute Gasteiger partial charge is 0.508 e. The Balaban J connectivity index is 0.796. The summed E-state index contributed by atoms with van der Waals surface area (Å²) in [4.78, 5) is 56.8. The van der Waals surface area contributed by atoms with Crippen molar-refractivity contribution in [3.63, 3.8) is 0 Å². The fourth-order valence-corrected chi connectivity index (χ4v) is 11.6. The molecule has 1 unspecified atom stereocenters. The first-order valence-electron chi connectivity index (χ1n) is 20.0. The maximum absolute atomic E-state index is 14.4. The first kappa shape index (κ1) is 41.5. The van der Waals surface area contributed by atoms with Gasteiger partial charge in [-0.05, 0) is 129 Å². The van der Waals surface area contributed by atoms with Gasteiger partial charge in [0.2, 0.25) is 17.3 Å². The summed E-state index contributed by atoms with van der Waals surface area (Å²) in [5, 5.41) is 41.9. The number of hydrogen-bond acceptors (Lipinski definition) is 13. The molecule has 11 rings (SSSR count). The summed E-state index contributed by atoms with van der Waals surface area (Å²) in [7, 11) is 0. The number of anilines is 2. The van der Waals surface area contributed by atoms with Gasteiger partial charge >= 0.3 is 11.9 Å². The number of benzene rings is 5. The van der Waals surface area contributed by atoms with E-state index in [4.69, 9.17) is 31.2 Å². The van der Waals surface area contributed by atoms with Crippen LogP contribution in [0.2, 0.25) is 0 Å². The van der Waals surface area contributed by atoms with Crippen LogP contribution in [0.5, 0.6) is 23.0 Å². The second-order valence-electron chi connectivity index (χ2n) is 16.2. The summed E-state index contributed by atoms with van der Waals surface area (Å²) in [6, 6.07) is 28.0. The van der Waals surface area contributed by atoms with Crippen molar-refractivity contribution in [2.24, 2.45) is 11.8 Å². The SMILES string of the molecule is Cc1cc2c(s1)C1(O)OC(=O)[C@@H]3[C@H](C(=O)Nc4ccc(CNC(=S)Nc5ccc6c(c5)C(=O)OC65c6ccc(O)cc6Oc6cc(O)ccc65)cc4)[C@H](c4ccc(Br)c(Br)c4)O[C@@]31C2=O. The van der Waals surface area contributed by atoms with Gasteiger partial charge in [-0.1, -0.05) is 24.3 Å². The molecule has 2 fully saturated rings. The lowest BCUT2D eigenvalue weighted by Gasteiger charge is -2.36. The predicted molar refractivity (Wildman–Crippen MR) is 245 cm³/mol. The molecule has 2 spiro atoms. The number of nitrogens with one attached hydrogen (secondary N) is 3. The molecule has 6 aromatic rings. The van der Waals surface area contributed by atoms with Crippen LogP contribution in [0, 0.1) is 18.8 Å². The smallest absolute Gasteiger partial charge is 0.340 e. The summed E-state index contributed by atoms with van der Waals surface area (Å²) in [5.41, 5.74) is 0.690. The van der Waals surface area contributed by atoms with Gasteiger partial charge < -0.3 is 50.2 Å². The molecule has 5 heterocycles. The second kappa shape index (κ2) is 14.7. The highest BCUT2D eigenvalue weighted by Gasteiger charge is 2.83. The molecule has 5 aliphatic rings. The number of Topliss-reactive ketones (excluding diaryl/α,β-unsaturated/α-hetero) is 1. The van der Waals surface area contributed by atoms with E-state index in [9.17, 15) is 34.5 Å². The van der Waals surface area contributed by atoms with Crippen LogP contribution in [0.3, 0.4) is 0 Å². The highest BCUT2D eigenvalue weighted by Crippen LogP contribution is 2.66. The van der Waals surface area contributed by atoms with Gasteiger partial charge in [0, 0.05) is 66.1 Å². The monoisotopic (exact) mass is 1030 g/mol. The van der Waals surface area contributed by atoms with Crippen LogP contribution in [0.15, 0.2) is 112 Å². The summed E-state index contributed by atoms with van der Waals surface area (Å²) in [6.07, 6.45) is -1.11. The summed E-state index contributed by atoms with van der Waals surface area (Å²) in [6.45, 7) is 2.06. The highest BCUT2D eigenvalue weighted by molar-refractivity contribution is 9.13. The molecule has 1 aliphatic carbocycles. The standard InChI is InChI=1S/C47H31Br2N3O11S2/c1-20-14-28-39(55)46-37(43(58)63-47(46,59)40(28)65-20)36(38(61-46)22-4-13-32(48)33(49)15-22)41(56)51-23-5-2-21(3-6-23)19-50-44(64)52-24-7-10-29-27(16-24)42(57)62-45(29)30-11-8-25(53)17-34(30)60-35-18-26(54)9-12-31(35)45/h2-18,36-38,53-54,59H,19H2,1H3,(H,51,56)(H2,50,52,64)/t36-,37-,38-,46+,47?/m0/s1. The zero-order valence-corrected chi connectivity index (χ0v) is 38.2. The molecule has 5 aromatic carbocycles. The molecule has 4 aliphatic heterocycles. The minimum Gasteiger partial charge on any atom is -0.508 e. The third-order valence-corrected chi connectivity index (χ3v) is 15.7. The maximum Gasteiger partial charge on any atom is 0.340 e. The fraction of sp³-hybridized carbons (Fsp3) is 0.170. The number of aliphatic hydroxyl groups is 1. The van der Waals surface area contributed by atoms with Gasteiger partial charge in [0.05, 0.1) is 22.5 Å². The number of fused-ring (bicyclic) bond motifs is 8. The van der Waals surface area contributed by atoms with Gasteiger partial charge in [-0.2, -0.15) is 0 Å². The molecule has 326 valence electrons. The normalized spacial score (nSPS) is 23.6. The second-order valence-corrected chi connectivity index (χ2v) is 19.6. The Morgan fingerprint density at radius 1 is 0.785 bits per heavy atom. The first-order valence-corrected chi connectivity index (χ1v) is 22.8. The zero-order valence-electron chi connectivity index (χ0n) is 33.4.